The Hall–Kier alpha value is -0.870. The molecule has 0 aliphatic heterocycles. The van der Waals surface area contributed by atoms with Crippen molar-refractivity contribution < 1.29 is 5.11 Å². The molecular weight excluding hydrogens is 202 g/mol. The summed E-state index contributed by atoms with van der Waals surface area (Å²) in [7, 11) is 2.13. The van der Waals surface area contributed by atoms with Gasteiger partial charge in [-0.3, -0.25) is 4.68 Å². The Balaban J connectivity index is 1.76. The van der Waals surface area contributed by atoms with Crippen LogP contribution in [-0.4, -0.2) is 39.5 Å². The lowest BCUT2D eigenvalue weighted by molar-refractivity contribution is 0.0274. The van der Waals surface area contributed by atoms with Gasteiger partial charge in [-0.25, -0.2) is 0 Å². The van der Waals surface area contributed by atoms with Crippen LogP contribution in [0.25, 0.3) is 0 Å². The molecule has 2 rings (SSSR count). The standard InChI is InChI=1S/C12H21N3O/c1-3-15-9-11(6-13-15)8-14(2)7-10-4-12(16)5-10/h6,9-10,12,16H,3-5,7-8H2,1-2H3. The fraction of sp³-hybridized carbons (Fsp3) is 0.750. The number of hydrogen-bond acceptors (Lipinski definition) is 3. The molecule has 4 nitrogen and oxygen atoms in total. The first-order chi connectivity index (χ1) is 7.67. The van der Waals surface area contributed by atoms with Gasteiger partial charge in [0.2, 0.25) is 0 Å². The Kier molecular flexibility index (Phi) is 3.61. The monoisotopic (exact) mass is 223 g/mol. The number of aliphatic hydroxyl groups is 1. The molecule has 0 saturated heterocycles. The molecule has 1 fully saturated rings. The normalized spacial score (nSPS) is 24.8. The predicted molar refractivity (Wildman–Crippen MR) is 63.0 cm³/mol. The van der Waals surface area contributed by atoms with E-state index in [4.69, 9.17) is 0 Å². The van der Waals surface area contributed by atoms with Gasteiger partial charge in [0.15, 0.2) is 0 Å². The molecule has 4 heteroatoms. The zero-order valence-corrected chi connectivity index (χ0v) is 10.1. The van der Waals surface area contributed by atoms with Crippen molar-refractivity contribution in [2.75, 3.05) is 13.6 Å². The Morgan fingerprint density at radius 1 is 1.56 bits per heavy atom. The Labute approximate surface area is 96.9 Å². The summed E-state index contributed by atoms with van der Waals surface area (Å²) in [5.41, 5.74) is 1.27. The molecule has 0 unspecified atom stereocenters. The third kappa shape index (κ3) is 2.83. The van der Waals surface area contributed by atoms with Gasteiger partial charge < -0.3 is 10.0 Å². The van der Waals surface area contributed by atoms with E-state index in [1.807, 2.05) is 10.9 Å². The van der Waals surface area contributed by atoms with Gasteiger partial charge in [0, 0.05) is 31.4 Å². The van der Waals surface area contributed by atoms with E-state index >= 15 is 0 Å². The minimum atomic E-state index is -0.0405. The molecule has 0 bridgehead atoms. The molecule has 0 spiro atoms. The van der Waals surface area contributed by atoms with Crippen LogP contribution >= 0.6 is 0 Å². The van der Waals surface area contributed by atoms with Crippen molar-refractivity contribution in [3.8, 4) is 0 Å². The maximum atomic E-state index is 9.22. The SMILES string of the molecule is CCn1cc(CN(C)CC2CC(O)C2)cn1. The van der Waals surface area contributed by atoms with Crippen LogP contribution in [0.15, 0.2) is 12.4 Å². The zero-order valence-electron chi connectivity index (χ0n) is 10.1. The van der Waals surface area contributed by atoms with Crippen LogP contribution in [0, 0.1) is 5.92 Å². The van der Waals surface area contributed by atoms with E-state index in [2.05, 4.69) is 30.2 Å². The van der Waals surface area contributed by atoms with Crippen LogP contribution in [0.4, 0.5) is 0 Å². The summed E-state index contributed by atoms with van der Waals surface area (Å²) >= 11 is 0. The van der Waals surface area contributed by atoms with E-state index in [0.717, 1.165) is 32.5 Å². The topological polar surface area (TPSA) is 41.3 Å². The third-order valence-electron chi connectivity index (χ3n) is 3.24. The Bertz CT molecular complexity index is 331. The van der Waals surface area contributed by atoms with Crippen LogP contribution in [-0.2, 0) is 13.1 Å². The molecule has 1 aliphatic rings. The first-order valence-corrected chi connectivity index (χ1v) is 6.05. The number of nitrogens with zero attached hydrogens (tertiary/aromatic N) is 3. The van der Waals surface area contributed by atoms with E-state index in [1.165, 1.54) is 5.56 Å². The summed E-state index contributed by atoms with van der Waals surface area (Å²) in [6.07, 6.45) is 5.94. The van der Waals surface area contributed by atoms with Gasteiger partial charge in [-0.2, -0.15) is 5.10 Å². The van der Waals surface area contributed by atoms with Crippen molar-refractivity contribution in [3.63, 3.8) is 0 Å². The van der Waals surface area contributed by atoms with Crippen LogP contribution in [0.2, 0.25) is 0 Å². The molecule has 1 saturated carbocycles. The van der Waals surface area contributed by atoms with Crippen LogP contribution in [0.3, 0.4) is 0 Å². The summed E-state index contributed by atoms with van der Waals surface area (Å²) in [5.74, 6) is 0.682. The number of rotatable bonds is 5. The van der Waals surface area contributed by atoms with Crippen LogP contribution < -0.4 is 0 Å². The van der Waals surface area contributed by atoms with E-state index < -0.39 is 0 Å². The second kappa shape index (κ2) is 4.97. The second-order valence-electron chi connectivity index (χ2n) is 4.89. The highest BCUT2D eigenvalue weighted by molar-refractivity contribution is 5.03. The molecule has 0 aromatic carbocycles. The molecule has 0 amide bonds. The average molecular weight is 223 g/mol. The molecular formula is C12H21N3O. The van der Waals surface area contributed by atoms with Gasteiger partial charge in [-0.15, -0.1) is 0 Å². The lowest BCUT2D eigenvalue weighted by Gasteiger charge is -2.34. The zero-order chi connectivity index (χ0) is 11.5. The first-order valence-electron chi connectivity index (χ1n) is 6.05. The highest BCUT2D eigenvalue weighted by Crippen LogP contribution is 2.27. The highest BCUT2D eigenvalue weighted by atomic mass is 16.3. The van der Waals surface area contributed by atoms with Crippen molar-refractivity contribution in [3.05, 3.63) is 18.0 Å². The summed E-state index contributed by atoms with van der Waals surface area (Å²) < 4.78 is 1.95. The van der Waals surface area contributed by atoms with Gasteiger partial charge >= 0.3 is 0 Å². The summed E-state index contributed by atoms with van der Waals surface area (Å²) in [5, 5.41) is 13.5. The smallest absolute Gasteiger partial charge is 0.0546 e. The van der Waals surface area contributed by atoms with E-state index in [1.54, 1.807) is 0 Å². The molecule has 1 heterocycles. The lowest BCUT2D eigenvalue weighted by atomic mass is 9.82. The summed E-state index contributed by atoms with van der Waals surface area (Å²) in [6, 6.07) is 0. The van der Waals surface area contributed by atoms with E-state index in [-0.39, 0.29) is 6.10 Å². The molecule has 90 valence electrons. The number of hydrogen-bond donors (Lipinski definition) is 1. The largest absolute Gasteiger partial charge is 0.393 e. The molecule has 1 aromatic heterocycles. The van der Waals surface area contributed by atoms with Gasteiger partial charge in [0.25, 0.3) is 0 Å². The van der Waals surface area contributed by atoms with Gasteiger partial charge in [0.05, 0.1) is 12.3 Å². The minimum absolute atomic E-state index is 0.0405. The van der Waals surface area contributed by atoms with Gasteiger partial charge in [0.1, 0.15) is 0 Å². The Morgan fingerprint density at radius 2 is 2.31 bits per heavy atom. The number of aliphatic hydroxyl groups excluding tert-OH is 1. The van der Waals surface area contributed by atoms with Crippen molar-refractivity contribution in [2.45, 2.75) is 39.0 Å². The molecule has 16 heavy (non-hydrogen) atoms. The lowest BCUT2D eigenvalue weighted by Crippen LogP contribution is -2.36. The van der Waals surface area contributed by atoms with Crippen molar-refractivity contribution in [1.29, 1.82) is 0 Å². The van der Waals surface area contributed by atoms with Crippen LogP contribution in [0.5, 0.6) is 0 Å². The van der Waals surface area contributed by atoms with Crippen LogP contribution in [0.1, 0.15) is 25.3 Å². The fourth-order valence-electron chi connectivity index (χ4n) is 2.33. The maximum Gasteiger partial charge on any atom is 0.0546 e. The number of aryl methyl sites for hydroxylation is 1. The molecule has 1 aliphatic carbocycles. The van der Waals surface area contributed by atoms with Crippen molar-refractivity contribution in [2.24, 2.45) is 5.92 Å². The van der Waals surface area contributed by atoms with Gasteiger partial charge in [-0.1, -0.05) is 0 Å². The Morgan fingerprint density at radius 3 is 2.88 bits per heavy atom. The first kappa shape index (κ1) is 11.6. The van der Waals surface area contributed by atoms with Crippen molar-refractivity contribution in [1.82, 2.24) is 14.7 Å². The second-order valence-corrected chi connectivity index (χ2v) is 4.89. The average Bonchev–Trinajstić information content (AvgIpc) is 2.63. The molecule has 1 N–H and O–H groups in total. The quantitative estimate of drug-likeness (QED) is 0.813. The maximum absolute atomic E-state index is 9.22. The van der Waals surface area contributed by atoms with Gasteiger partial charge in [-0.05, 0) is 32.7 Å². The molecule has 0 atom stereocenters. The fourth-order valence-corrected chi connectivity index (χ4v) is 2.33. The number of aromatic nitrogens is 2. The summed E-state index contributed by atoms with van der Waals surface area (Å²) in [4.78, 5) is 2.31. The molecule has 1 aromatic rings. The predicted octanol–water partition coefficient (Wildman–Crippen LogP) is 1.11. The van der Waals surface area contributed by atoms with Crippen molar-refractivity contribution >= 4 is 0 Å². The third-order valence-corrected chi connectivity index (χ3v) is 3.24. The van der Waals surface area contributed by atoms with E-state index in [9.17, 15) is 5.11 Å². The summed E-state index contributed by atoms with van der Waals surface area (Å²) in [6.45, 7) is 5.05. The van der Waals surface area contributed by atoms with E-state index in [0.29, 0.717) is 5.92 Å². The minimum Gasteiger partial charge on any atom is -0.393 e. The molecule has 0 radical (unpaired) electrons. The highest BCUT2D eigenvalue weighted by Gasteiger charge is 2.27.